The van der Waals surface area contributed by atoms with Crippen LogP contribution < -0.4 is 9.47 Å². The molecule has 0 spiro atoms. The van der Waals surface area contributed by atoms with Gasteiger partial charge in [0.05, 0.1) is 13.2 Å². The van der Waals surface area contributed by atoms with E-state index in [1.807, 2.05) is 42.5 Å². The van der Waals surface area contributed by atoms with Gasteiger partial charge in [-0.1, -0.05) is 20.3 Å². The summed E-state index contributed by atoms with van der Waals surface area (Å²) in [5.74, 6) is 2.61. The summed E-state index contributed by atoms with van der Waals surface area (Å²) in [5.41, 5.74) is 1.90. The van der Waals surface area contributed by atoms with Crippen molar-refractivity contribution >= 4 is 11.0 Å². The summed E-state index contributed by atoms with van der Waals surface area (Å²) in [4.78, 5) is 0. The van der Waals surface area contributed by atoms with Gasteiger partial charge in [-0.15, -0.1) is 0 Å². The Morgan fingerprint density at radius 1 is 0.792 bits per heavy atom. The first kappa shape index (κ1) is 16.4. The Bertz CT molecular complexity index is 771. The summed E-state index contributed by atoms with van der Waals surface area (Å²) < 4.78 is 17.4. The monoisotopic (exact) mass is 324 g/mol. The summed E-state index contributed by atoms with van der Waals surface area (Å²) in [7, 11) is 0. The minimum Gasteiger partial charge on any atom is -0.494 e. The van der Waals surface area contributed by atoms with Gasteiger partial charge in [-0.2, -0.15) is 0 Å². The molecule has 0 N–H and O–H groups in total. The topological polar surface area (TPSA) is 31.6 Å². The maximum absolute atomic E-state index is 6.00. The molecule has 3 aromatic rings. The number of hydrogen-bond acceptors (Lipinski definition) is 3. The van der Waals surface area contributed by atoms with Crippen LogP contribution in [0.1, 0.15) is 33.1 Å². The predicted octanol–water partition coefficient (Wildman–Crippen LogP) is 6.07. The molecule has 0 amide bonds. The summed E-state index contributed by atoms with van der Waals surface area (Å²) in [6, 6.07) is 16.1. The Morgan fingerprint density at radius 3 is 2.29 bits per heavy atom. The first-order valence-corrected chi connectivity index (χ1v) is 8.69. The Hall–Kier alpha value is -2.42. The van der Waals surface area contributed by atoms with Crippen molar-refractivity contribution < 1.29 is 13.9 Å². The maximum atomic E-state index is 6.00. The molecule has 2 aromatic carbocycles. The predicted molar refractivity (Wildman–Crippen MR) is 97.8 cm³/mol. The maximum Gasteiger partial charge on any atom is 0.138 e. The van der Waals surface area contributed by atoms with E-state index in [2.05, 4.69) is 19.9 Å². The smallest absolute Gasteiger partial charge is 0.138 e. The van der Waals surface area contributed by atoms with Crippen LogP contribution in [0, 0.1) is 0 Å². The van der Waals surface area contributed by atoms with Crippen LogP contribution in [-0.2, 0) is 0 Å². The molecule has 0 aliphatic carbocycles. The van der Waals surface area contributed by atoms with Gasteiger partial charge < -0.3 is 13.9 Å². The molecule has 0 unspecified atom stereocenters. The van der Waals surface area contributed by atoms with E-state index in [0.717, 1.165) is 66.3 Å². The van der Waals surface area contributed by atoms with Gasteiger partial charge in [-0.25, -0.2) is 0 Å². The second-order valence-electron chi connectivity index (χ2n) is 5.89. The molecule has 3 rings (SSSR count). The van der Waals surface area contributed by atoms with Crippen LogP contribution in [-0.4, -0.2) is 13.2 Å². The lowest BCUT2D eigenvalue weighted by atomic mass is 10.1. The first-order chi connectivity index (χ1) is 11.8. The minimum absolute atomic E-state index is 0.741. The number of hydrogen-bond donors (Lipinski definition) is 0. The molecule has 1 heterocycles. The molecule has 0 bridgehead atoms. The molecule has 24 heavy (non-hydrogen) atoms. The van der Waals surface area contributed by atoms with Gasteiger partial charge in [-0.05, 0) is 55.3 Å². The third kappa shape index (κ3) is 3.91. The summed E-state index contributed by atoms with van der Waals surface area (Å²) >= 11 is 0. The van der Waals surface area contributed by atoms with Crippen LogP contribution in [0.2, 0.25) is 0 Å². The van der Waals surface area contributed by atoms with Gasteiger partial charge in [0.25, 0.3) is 0 Å². The van der Waals surface area contributed by atoms with Crippen LogP contribution in [0.5, 0.6) is 11.5 Å². The lowest BCUT2D eigenvalue weighted by Gasteiger charge is -2.04. The van der Waals surface area contributed by atoms with E-state index in [4.69, 9.17) is 13.9 Å². The number of rotatable bonds is 8. The van der Waals surface area contributed by atoms with Gasteiger partial charge in [0.15, 0.2) is 0 Å². The third-order valence-electron chi connectivity index (χ3n) is 3.87. The molecule has 0 aliphatic rings. The largest absolute Gasteiger partial charge is 0.494 e. The van der Waals surface area contributed by atoms with E-state index in [1.54, 1.807) is 0 Å². The summed E-state index contributed by atoms with van der Waals surface area (Å²) in [5, 5.41) is 1.08. The highest BCUT2D eigenvalue weighted by atomic mass is 16.5. The Kier molecular flexibility index (Phi) is 5.42. The molecule has 0 aliphatic heterocycles. The third-order valence-corrected chi connectivity index (χ3v) is 3.87. The van der Waals surface area contributed by atoms with E-state index < -0.39 is 0 Å². The van der Waals surface area contributed by atoms with E-state index in [9.17, 15) is 0 Å². The van der Waals surface area contributed by atoms with Crippen LogP contribution in [0.3, 0.4) is 0 Å². The lowest BCUT2D eigenvalue weighted by Crippen LogP contribution is -1.95. The van der Waals surface area contributed by atoms with Gasteiger partial charge in [0.2, 0.25) is 0 Å². The standard InChI is InChI=1S/C21H24O3/c1-3-5-13-23-19-11-8-17-14-20(24-21(17)15-19)16-6-9-18(10-7-16)22-12-4-2/h6-11,14-15H,3-5,12-13H2,1-2H3. The van der Waals surface area contributed by atoms with Gasteiger partial charge in [-0.3, -0.25) is 0 Å². The highest BCUT2D eigenvalue weighted by Crippen LogP contribution is 2.31. The fraction of sp³-hybridized carbons (Fsp3) is 0.333. The van der Waals surface area contributed by atoms with Crippen LogP contribution in [0.4, 0.5) is 0 Å². The second kappa shape index (κ2) is 7.91. The highest BCUT2D eigenvalue weighted by Gasteiger charge is 2.08. The average molecular weight is 324 g/mol. The van der Waals surface area contributed by atoms with Crippen LogP contribution >= 0.6 is 0 Å². The zero-order chi connectivity index (χ0) is 16.8. The Balaban J connectivity index is 1.77. The lowest BCUT2D eigenvalue weighted by molar-refractivity contribution is 0.309. The number of unbranched alkanes of at least 4 members (excludes halogenated alkanes) is 1. The SMILES string of the molecule is CCCCOc1ccc2cc(-c3ccc(OCCC)cc3)oc2c1. The quantitative estimate of drug-likeness (QED) is 0.471. The highest BCUT2D eigenvalue weighted by molar-refractivity contribution is 5.84. The van der Waals surface area contributed by atoms with Gasteiger partial charge in [0.1, 0.15) is 22.8 Å². The summed E-state index contributed by atoms with van der Waals surface area (Å²) in [6.45, 7) is 5.74. The summed E-state index contributed by atoms with van der Waals surface area (Å²) in [6.07, 6.45) is 3.20. The molecular weight excluding hydrogens is 300 g/mol. The van der Waals surface area contributed by atoms with E-state index in [0.29, 0.717) is 0 Å². The molecule has 0 saturated carbocycles. The number of fused-ring (bicyclic) bond motifs is 1. The van der Waals surface area contributed by atoms with Crippen molar-refractivity contribution in [1.29, 1.82) is 0 Å². The van der Waals surface area contributed by atoms with E-state index in [-0.39, 0.29) is 0 Å². The average Bonchev–Trinajstić information content (AvgIpc) is 3.04. The molecule has 0 saturated heterocycles. The second-order valence-corrected chi connectivity index (χ2v) is 5.89. The van der Waals surface area contributed by atoms with Crippen LogP contribution in [0.15, 0.2) is 52.9 Å². The van der Waals surface area contributed by atoms with Crippen molar-refractivity contribution in [2.75, 3.05) is 13.2 Å². The fourth-order valence-electron chi connectivity index (χ4n) is 2.51. The molecule has 0 radical (unpaired) electrons. The zero-order valence-electron chi connectivity index (χ0n) is 14.4. The van der Waals surface area contributed by atoms with Crippen molar-refractivity contribution in [3.05, 3.63) is 48.5 Å². The van der Waals surface area contributed by atoms with Crippen LogP contribution in [0.25, 0.3) is 22.3 Å². The zero-order valence-corrected chi connectivity index (χ0v) is 14.4. The molecular formula is C21H24O3. The first-order valence-electron chi connectivity index (χ1n) is 8.69. The molecule has 0 fully saturated rings. The van der Waals surface area contributed by atoms with Gasteiger partial charge in [0, 0.05) is 17.0 Å². The van der Waals surface area contributed by atoms with Crippen molar-refractivity contribution in [3.63, 3.8) is 0 Å². The van der Waals surface area contributed by atoms with Crippen molar-refractivity contribution in [1.82, 2.24) is 0 Å². The van der Waals surface area contributed by atoms with Crippen molar-refractivity contribution in [2.24, 2.45) is 0 Å². The van der Waals surface area contributed by atoms with Crippen molar-refractivity contribution in [3.8, 4) is 22.8 Å². The number of ether oxygens (including phenoxy) is 2. The molecule has 0 atom stereocenters. The molecule has 126 valence electrons. The van der Waals surface area contributed by atoms with E-state index >= 15 is 0 Å². The molecule has 3 nitrogen and oxygen atoms in total. The minimum atomic E-state index is 0.741. The normalized spacial score (nSPS) is 10.9. The Labute approximate surface area is 143 Å². The molecule has 1 aromatic heterocycles. The van der Waals surface area contributed by atoms with Crippen molar-refractivity contribution in [2.45, 2.75) is 33.1 Å². The number of benzene rings is 2. The fourth-order valence-corrected chi connectivity index (χ4v) is 2.51. The van der Waals surface area contributed by atoms with Gasteiger partial charge >= 0.3 is 0 Å². The molecule has 3 heteroatoms. The van der Waals surface area contributed by atoms with E-state index in [1.165, 1.54) is 0 Å². The Morgan fingerprint density at radius 2 is 1.54 bits per heavy atom. The number of furan rings is 1.